The first-order valence-corrected chi connectivity index (χ1v) is 13.7. The van der Waals surface area contributed by atoms with Crippen molar-refractivity contribution in [2.45, 2.75) is 26.7 Å². The molecule has 0 rings (SSSR count). The van der Waals surface area contributed by atoms with Gasteiger partial charge in [-0.15, -0.1) is 66.5 Å². The van der Waals surface area contributed by atoms with E-state index >= 15 is 0 Å². The fourth-order valence-electron chi connectivity index (χ4n) is 0. The van der Waals surface area contributed by atoms with E-state index in [9.17, 15) is 0 Å². The van der Waals surface area contributed by atoms with Crippen LogP contribution in [-0.4, -0.2) is 13.5 Å². The van der Waals surface area contributed by atoms with E-state index in [0.717, 1.165) is 0 Å². The van der Waals surface area contributed by atoms with E-state index in [-0.39, 0.29) is 0 Å². The van der Waals surface area contributed by atoms with Crippen molar-refractivity contribution in [3.8, 4) is 0 Å². The minimum Gasteiger partial charge on any atom is -0.130 e. The van der Waals surface area contributed by atoms with Crippen LogP contribution < -0.4 is 0 Å². The van der Waals surface area contributed by atoms with Gasteiger partial charge in [-0.1, -0.05) is 26.7 Å². The van der Waals surface area contributed by atoms with E-state index in [2.05, 4.69) is 13.8 Å². The number of halogens is 6. The van der Waals surface area contributed by atoms with Crippen LogP contribution in [0.15, 0.2) is 0 Å². The first-order chi connectivity index (χ1) is 5.38. The lowest BCUT2D eigenvalue weighted by atomic mass is 10.4. The van der Waals surface area contributed by atoms with Crippen LogP contribution in [0.25, 0.3) is 0 Å². The zero-order chi connectivity index (χ0) is 10.6. The summed E-state index contributed by atoms with van der Waals surface area (Å²) in [5, 5.41) is 0. The molecule has 78 valence electrons. The number of hydrogen-bond donors (Lipinski definition) is 0. The van der Waals surface area contributed by atoms with Crippen molar-refractivity contribution in [1.29, 1.82) is 0 Å². The Hall–Kier alpha value is 2.17. The van der Waals surface area contributed by atoms with Gasteiger partial charge in [0.2, 0.25) is 0 Å². The Balaban J connectivity index is -0.000000101. The summed E-state index contributed by atoms with van der Waals surface area (Å²) < 4.78 is 0. The van der Waals surface area contributed by atoms with Crippen LogP contribution in [0.1, 0.15) is 26.7 Å². The number of hydrogen-bond acceptors (Lipinski definition) is 0. The minimum absolute atomic E-state index is 1.32. The van der Waals surface area contributed by atoms with Crippen molar-refractivity contribution in [3.63, 3.8) is 0 Å². The van der Waals surface area contributed by atoms with Gasteiger partial charge in [0.15, 0.2) is 0 Å². The molecular formula is C4H12Cl6Si2. The van der Waals surface area contributed by atoms with Crippen molar-refractivity contribution in [3.05, 3.63) is 0 Å². The summed E-state index contributed by atoms with van der Waals surface area (Å²) in [7, 11) is 0. The van der Waals surface area contributed by atoms with Gasteiger partial charge in [-0.25, -0.2) is 0 Å². The molecule has 0 bridgehead atoms. The van der Waals surface area contributed by atoms with E-state index < -0.39 is 13.5 Å². The Morgan fingerprint density at radius 2 is 0.750 bits per heavy atom. The van der Waals surface area contributed by atoms with Crippen LogP contribution in [-0.2, 0) is 0 Å². The van der Waals surface area contributed by atoms with Crippen molar-refractivity contribution >= 4 is 79.9 Å². The molecule has 0 fully saturated rings. The largest absolute Gasteiger partial charge is 0.326 e. The molecule has 8 heteroatoms. The van der Waals surface area contributed by atoms with Crippen molar-refractivity contribution in [2.24, 2.45) is 0 Å². The zero-order valence-corrected chi connectivity index (χ0v) is 13.7. The molecule has 0 radical (unpaired) electrons. The Morgan fingerprint density at radius 1 is 0.667 bits per heavy atom. The highest BCUT2D eigenvalue weighted by atomic mass is 35.8. The second kappa shape index (κ2) is 18.9. The van der Waals surface area contributed by atoms with Crippen molar-refractivity contribution in [2.75, 3.05) is 0 Å². The third kappa shape index (κ3) is 151. The Bertz CT molecular complexity index is 48.0. The van der Waals surface area contributed by atoms with E-state index in [1.807, 2.05) is 0 Å². The molecule has 0 aliphatic carbocycles. The molecule has 0 aliphatic heterocycles. The first kappa shape index (κ1) is 19.7. The summed E-state index contributed by atoms with van der Waals surface area (Å²) in [5.74, 6) is 0. The Kier molecular flexibility index (Phi) is 31.0. The summed E-state index contributed by atoms with van der Waals surface area (Å²) in [5.41, 5.74) is 0. The lowest BCUT2D eigenvalue weighted by Gasteiger charge is -1.68. The van der Waals surface area contributed by atoms with Gasteiger partial charge >= 0.3 is 13.5 Å². The third-order valence-corrected chi connectivity index (χ3v) is 0.500. The molecule has 0 N–H and O–H groups in total. The topological polar surface area (TPSA) is 0 Å². The molecule has 0 heterocycles. The maximum absolute atomic E-state index is 4.94. The summed E-state index contributed by atoms with van der Waals surface area (Å²) in [6, 6.07) is 0. The van der Waals surface area contributed by atoms with Crippen molar-refractivity contribution in [1.82, 2.24) is 0 Å². The molecule has 0 saturated carbocycles. The normalized spacial score (nSPS) is 8.50. The first-order valence-electron chi connectivity index (χ1n) is 3.22. The fraction of sp³-hybridized carbons (Fsp3) is 1.00. The molecule has 0 atom stereocenters. The van der Waals surface area contributed by atoms with Crippen LogP contribution in [0.2, 0.25) is 0 Å². The second-order valence-electron chi connectivity index (χ2n) is 1.49. The summed E-state index contributed by atoms with van der Waals surface area (Å²) in [4.78, 5) is 0. The van der Waals surface area contributed by atoms with Crippen LogP contribution in [0.3, 0.4) is 0 Å². The second-order valence-corrected chi connectivity index (χ2v) is 14.4. The maximum Gasteiger partial charge on any atom is 0.326 e. The zero-order valence-electron chi connectivity index (χ0n) is 6.84. The molecule has 0 aromatic rings. The van der Waals surface area contributed by atoms with Crippen LogP contribution in [0, 0.1) is 0 Å². The molecule has 0 spiro atoms. The smallest absolute Gasteiger partial charge is 0.130 e. The van der Waals surface area contributed by atoms with Crippen molar-refractivity contribution < 1.29 is 0 Å². The Labute approximate surface area is 106 Å². The third-order valence-electron chi connectivity index (χ3n) is 0.500. The summed E-state index contributed by atoms with van der Waals surface area (Å²) in [6.07, 6.45) is 2.64. The van der Waals surface area contributed by atoms with Crippen LogP contribution in [0.4, 0.5) is 0 Å². The predicted molar refractivity (Wildman–Crippen MR) is 70.0 cm³/mol. The molecule has 0 aromatic heterocycles. The predicted octanol–water partition coefficient (Wildman–Crippen LogP) is 4.65. The van der Waals surface area contributed by atoms with Crippen LogP contribution >= 0.6 is 66.5 Å². The van der Waals surface area contributed by atoms with E-state index in [4.69, 9.17) is 66.5 Å². The number of unbranched alkanes of at least 4 members (excludes halogenated alkanes) is 1. The Morgan fingerprint density at radius 3 is 0.750 bits per heavy atom. The van der Waals surface area contributed by atoms with E-state index in [1.54, 1.807) is 0 Å². The van der Waals surface area contributed by atoms with E-state index in [1.165, 1.54) is 12.8 Å². The van der Waals surface area contributed by atoms with Gasteiger partial charge in [-0.2, -0.15) is 0 Å². The molecule has 0 amide bonds. The number of rotatable bonds is 1. The summed E-state index contributed by atoms with van der Waals surface area (Å²) >= 11 is 29.7. The average Bonchev–Trinajstić information content (AvgIpc) is 1.85. The molecule has 0 aliphatic rings. The average molecular weight is 329 g/mol. The molecule has 0 nitrogen and oxygen atoms in total. The maximum atomic E-state index is 4.94. The lowest BCUT2D eigenvalue weighted by molar-refractivity contribution is 0.886. The fourth-order valence-corrected chi connectivity index (χ4v) is 0. The van der Waals surface area contributed by atoms with Gasteiger partial charge in [-0.3, -0.25) is 0 Å². The lowest BCUT2D eigenvalue weighted by Crippen LogP contribution is -1.66. The van der Waals surface area contributed by atoms with Gasteiger partial charge in [0, 0.05) is 0 Å². The monoisotopic (exact) mass is 326 g/mol. The highest BCUT2D eigenvalue weighted by Gasteiger charge is 1.85. The van der Waals surface area contributed by atoms with Gasteiger partial charge in [-0.05, 0) is 0 Å². The molecule has 0 unspecified atom stereocenters. The van der Waals surface area contributed by atoms with Crippen LogP contribution in [0.5, 0.6) is 0 Å². The molecule has 0 saturated heterocycles. The highest BCUT2D eigenvalue weighted by Crippen LogP contribution is 1.97. The standard InChI is InChI=1S/C4H10.2Cl3HSi/c1-3-4-2;2*1-4(2)3/h3-4H2,1-2H3;2*4H. The van der Waals surface area contributed by atoms with Gasteiger partial charge in [0.1, 0.15) is 0 Å². The molecular weight excluding hydrogens is 317 g/mol. The SMILES string of the molecule is CCCC.Cl[SiH](Cl)Cl.Cl[SiH](Cl)Cl. The minimum atomic E-state index is -1.72. The quantitative estimate of drug-likeness (QED) is 0.485. The van der Waals surface area contributed by atoms with Gasteiger partial charge < -0.3 is 0 Å². The molecule has 12 heavy (non-hydrogen) atoms. The van der Waals surface area contributed by atoms with Gasteiger partial charge in [0.05, 0.1) is 0 Å². The van der Waals surface area contributed by atoms with E-state index in [0.29, 0.717) is 0 Å². The molecule has 0 aromatic carbocycles. The summed E-state index contributed by atoms with van der Waals surface area (Å²) in [6.45, 7) is 0.917. The van der Waals surface area contributed by atoms with Gasteiger partial charge in [0.25, 0.3) is 0 Å². The highest BCUT2D eigenvalue weighted by molar-refractivity contribution is 7.54.